The molecule has 1 saturated heterocycles. The standard InChI is InChI=1S/C10H19NS/c1-11-5-3-9-7-10(9)4-2-6-12-8-10/h9,11H,2-8H2,1H3. The fourth-order valence-corrected chi connectivity index (χ4v) is 3.91. The van der Waals surface area contributed by atoms with Crippen molar-refractivity contribution >= 4 is 11.8 Å². The summed E-state index contributed by atoms with van der Waals surface area (Å²) < 4.78 is 0. The van der Waals surface area contributed by atoms with Crippen LogP contribution in [0.5, 0.6) is 0 Å². The molecule has 0 aromatic rings. The molecule has 0 radical (unpaired) electrons. The number of hydrogen-bond acceptors (Lipinski definition) is 2. The molecule has 0 aromatic heterocycles. The van der Waals surface area contributed by atoms with Crippen LogP contribution >= 0.6 is 11.8 Å². The van der Waals surface area contributed by atoms with Crippen LogP contribution in [-0.2, 0) is 0 Å². The van der Waals surface area contributed by atoms with E-state index in [1.165, 1.54) is 43.7 Å². The van der Waals surface area contributed by atoms with Crippen LogP contribution in [0.15, 0.2) is 0 Å². The van der Waals surface area contributed by atoms with Crippen molar-refractivity contribution in [1.29, 1.82) is 0 Å². The Kier molecular flexibility index (Phi) is 2.66. The zero-order chi connectivity index (χ0) is 8.44. The van der Waals surface area contributed by atoms with E-state index in [2.05, 4.69) is 24.1 Å². The van der Waals surface area contributed by atoms with Crippen LogP contribution in [0.4, 0.5) is 0 Å². The molecule has 0 aromatic carbocycles. The first-order valence-corrected chi connectivity index (χ1v) is 6.25. The maximum atomic E-state index is 3.25. The van der Waals surface area contributed by atoms with E-state index in [4.69, 9.17) is 0 Å². The fraction of sp³-hybridized carbons (Fsp3) is 1.00. The van der Waals surface area contributed by atoms with Crippen molar-refractivity contribution in [2.45, 2.75) is 25.7 Å². The minimum atomic E-state index is 0.819. The summed E-state index contributed by atoms with van der Waals surface area (Å²) in [5.74, 6) is 3.94. The summed E-state index contributed by atoms with van der Waals surface area (Å²) in [4.78, 5) is 0. The predicted octanol–water partition coefficient (Wildman–Crippen LogP) is 2.13. The van der Waals surface area contributed by atoms with Crippen LogP contribution in [-0.4, -0.2) is 25.1 Å². The van der Waals surface area contributed by atoms with Crippen LogP contribution in [0, 0.1) is 11.3 Å². The zero-order valence-corrected chi connectivity index (χ0v) is 8.75. The van der Waals surface area contributed by atoms with Gasteiger partial charge in [-0.1, -0.05) is 0 Å². The first-order valence-electron chi connectivity index (χ1n) is 5.10. The van der Waals surface area contributed by atoms with Gasteiger partial charge in [-0.3, -0.25) is 0 Å². The topological polar surface area (TPSA) is 12.0 Å². The number of hydrogen-bond donors (Lipinski definition) is 1. The van der Waals surface area contributed by atoms with E-state index in [1.54, 1.807) is 0 Å². The molecule has 0 bridgehead atoms. The van der Waals surface area contributed by atoms with Gasteiger partial charge in [-0.2, -0.15) is 11.8 Å². The second-order valence-electron chi connectivity index (χ2n) is 4.31. The molecule has 1 spiro atoms. The molecule has 0 amide bonds. The first kappa shape index (κ1) is 8.89. The molecule has 2 aliphatic rings. The molecule has 2 atom stereocenters. The van der Waals surface area contributed by atoms with Crippen molar-refractivity contribution in [2.24, 2.45) is 11.3 Å². The molecule has 2 heteroatoms. The summed E-state index contributed by atoms with van der Waals surface area (Å²) in [6.07, 6.45) is 5.94. The predicted molar refractivity (Wildman–Crippen MR) is 55.6 cm³/mol. The van der Waals surface area contributed by atoms with Crippen LogP contribution in [0.3, 0.4) is 0 Å². The van der Waals surface area contributed by atoms with Gasteiger partial charge in [0.25, 0.3) is 0 Å². The quantitative estimate of drug-likeness (QED) is 0.723. The Morgan fingerprint density at radius 3 is 3.17 bits per heavy atom. The average Bonchev–Trinajstić information content (AvgIpc) is 2.77. The Labute approximate surface area is 79.7 Å². The lowest BCUT2D eigenvalue weighted by molar-refractivity contribution is 0.439. The van der Waals surface area contributed by atoms with Gasteiger partial charge in [0.05, 0.1) is 0 Å². The molecule has 1 aliphatic heterocycles. The Morgan fingerprint density at radius 1 is 1.58 bits per heavy atom. The Balaban J connectivity index is 1.75. The summed E-state index contributed by atoms with van der Waals surface area (Å²) in [5, 5.41) is 3.25. The van der Waals surface area contributed by atoms with E-state index >= 15 is 0 Å². The van der Waals surface area contributed by atoms with E-state index in [-0.39, 0.29) is 0 Å². The molecule has 2 fully saturated rings. The third kappa shape index (κ3) is 1.64. The summed E-state index contributed by atoms with van der Waals surface area (Å²) in [6.45, 7) is 1.22. The minimum Gasteiger partial charge on any atom is -0.320 e. The van der Waals surface area contributed by atoms with Crippen LogP contribution in [0.1, 0.15) is 25.7 Å². The molecule has 70 valence electrons. The van der Waals surface area contributed by atoms with Gasteiger partial charge in [0, 0.05) is 0 Å². The second-order valence-corrected chi connectivity index (χ2v) is 5.42. The maximum absolute atomic E-state index is 3.25. The third-order valence-corrected chi connectivity index (χ3v) is 4.81. The first-order chi connectivity index (χ1) is 5.87. The highest BCUT2D eigenvalue weighted by atomic mass is 32.2. The van der Waals surface area contributed by atoms with E-state index in [0.29, 0.717) is 0 Å². The third-order valence-electron chi connectivity index (χ3n) is 3.45. The maximum Gasteiger partial charge on any atom is -0.000803 e. The highest BCUT2D eigenvalue weighted by Crippen LogP contribution is 2.60. The average molecular weight is 185 g/mol. The Hall–Kier alpha value is 0.310. The zero-order valence-electron chi connectivity index (χ0n) is 7.94. The van der Waals surface area contributed by atoms with Gasteiger partial charge in [0.2, 0.25) is 0 Å². The van der Waals surface area contributed by atoms with Crippen LogP contribution in [0.2, 0.25) is 0 Å². The SMILES string of the molecule is CNCCC1CC12CCCSC2. The lowest BCUT2D eigenvalue weighted by atomic mass is 9.98. The molecular weight excluding hydrogens is 166 g/mol. The second kappa shape index (κ2) is 3.59. The van der Waals surface area contributed by atoms with Crippen molar-refractivity contribution in [1.82, 2.24) is 5.32 Å². The smallest absolute Gasteiger partial charge is 0.000803 e. The molecule has 2 rings (SSSR count). The Morgan fingerprint density at radius 2 is 2.50 bits per heavy atom. The summed E-state index contributed by atoms with van der Waals surface area (Å²) in [6, 6.07) is 0. The van der Waals surface area contributed by atoms with Crippen molar-refractivity contribution in [2.75, 3.05) is 25.1 Å². The van der Waals surface area contributed by atoms with Crippen molar-refractivity contribution < 1.29 is 0 Å². The molecule has 1 nitrogen and oxygen atoms in total. The number of thioether (sulfide) groups is 1. The normalized spacial score (nSPS) is 40.2. The highest BCUT2D eigenvalue weighted by Gasteiger charge is 2.53. The van der Waals surface area contributed by atoms with Gasteiger partial charge in [0.1, 0.15) is 0 Å². The lowest BCUT2D eigenvalue weighted by Gasteiger charge is -2.22. The van der Waals surface area contributed by atoms with Crippen LogP contribution < -0.4 is 5.32 Å². The monoisotopic (exact) mass is 185 g/mol. The van der Waals surface area contributed by atoms with Gasteiger partial charge < -0.3 is 5.32 Å². The number of nitrogens with one attached hydrogen (secondary N) is 1. The summed E-state index contributed by atoms with van der Waals surface area (Å²) >= 11 is 2.18. The van der Waals surface area contributed by atoms with Crippen molar-refractivity contribution in [3.8, 4) is 0 Å². The van der Waals surface area contributed by atoms with E-state index < -0.39 is 0 Å². The largest absolute Gasteiger partial charge is 0.320 e. The molecule has 1 N–H and O–H groups in total. The van der Waals surface area contributed by atoms with Gasteiger partial charge in [-0.25, -0.2) is 0 Å². The molecule has 1 saturated carbocycles. The number of rotatable bonds is 3. The lowest BCUT2D eigenvalue weighted by Crippen LogP contribution is -2.16. The fourth-order valence-electron chi connectivity index (χ4n) is 2.52. The molecule has 12 heavy (non-hydrogen) atoms. The van der Waals surface area contributed by atoms with Gasteiger partial charge in [-0.15, -0.1) is 0 Å². The molecule has 1 aliphatic carbocycles. The van der Waals surface area contributed by atoms with E-state index in [9.17, 15) is 0 Å². The van der Waals surface area contributed by atoms with Gasteiger partial charge in [0.15, 0.2) is 0 Å². The van der Waals surface area contributed by atoms with E-state index in [0.717, 1.165) is 11.3 Å². The Bertz CT molecular complexity index is 150. The van der Waals surface area contributed by atoms with Crippen molar-refractivity contribution in [3.63, 3.8) is 0 Å². The molecule has 1 heterocycles. The highest BCUT2D eigenvalue weighted by molar-refractivity contribution is 7.99. The summed E-state index contributed by atoms with van der Waals surface area (Å²) in [7, 11) is 2.06. The van der Waals surface area contributed by atoms with E-state index in [1.807, 2.05) is 0 Å². The van der Waals surface area contributed by atoms with Gasteiger partial charge in [-0.05, 0) is 62.1 Å². The molecule has 2 unspecified atom stereocenters. The van der Waals surface area contributed by atoms with Crippen molar-refractivity contribution in [3.05, 3.63) is 0 Å². The van der Waals surface area contributed by atoms with Gasteiger partial charge >= 0.3 is 0 Å². The van der Waals surface area contributed by atoms with Crippen LogP contribution in [0.25, 0.3) is 0 Å². The summed E-state index contributed by atoms with van der Waals surface area (Å²) in [5.41, 5.74) is 0.819. The minimum absolute atomic E-state index is 0.819. The molecular formula is C10H19NS.